The van der Waals surface area contributed by atoms with Gasteiger partial charge in [-0.1, -0.05) is 0 Å². The zero-order valence-electron chi connectivity index (χ0n) is 1.78. The molecule has 0 saturated heterocycles. The van der Waals surface area contributed by atoms with E-state index in [0.29, 0.717) is 0 Å². The van der Waals surface area contributed by atoms with Crippen LogP contribution in [0.3, 0.4) is 0 Å². The molecule has 1 unspecified atom stereocenters. The van der Waals surface area contributed by atoms with Crippen molar-refractivity contribution in [2.75, 3.05) is 0 Å². The van der Waals surface area contributed by atoms with Gasteiger partial charge in [0.25, 0.3) is 0 Å². The first-order valence-corrected chi connectivity index (χ1v) is 0. The van der Waals surface area contributed by atoms with E-state index in [-0.39, 0.29) is 61.9 Å². The Balaban J connectivity index is 0. The van der Waals surface area contributed by atoms with Gasteiger partial charge in [0.05, 0.1) is 0 Å². The topological polar surface area (TPSA) is 0 Å². The maximum Gasteiger partial charge on any atom is 0.187 e. The molecular weight excluding hydrogens is 160 g/mol. The van der Waals surface area contributed by atoms with Gasteiger partial charge in [-0.05, 0) is 0 Å². The monoisotopic (exact) mass is 165 g/mol. The van der Waals surface area contributed by atoms with Crippen molar-refractivity contribution in [1.82, 2.24) is 0 Å². The van der Waals surface area contributed by atoms with Crippen LogP contribution in [0.1, 0.15) is 0 Å². The molecule has 0 nitrogen and oxygen atoms in total. The molecular formula is H6AlBPZr. The van der Waals surface area contributed by atoms with E-state index in [0.717, 1.165) is 0 Å². The van der Waals surface area contributed by atoms with Gasteiger partial charge >= 0.3 is 0 Å². The summed E-state index contributed by atoms with van der Waals surface area (Å²) in [5.41, 5.74) is 0. The van der Waals surface area contributed by atoms with Gasteiger partial charge in [0.2, 0.25) is 0 Å². The van der Waals surface area contributed by atoms with E-state index in [9.17, 15) is 0 Å². The Bertz CT molecular complexity index is 8.00. The molecule has 0 aliphatic heterocycles. The van der Waals surface area contributed by atoms with Gasteiger partial charge in [-0.25, -0.2) is 0 Å². The van der Waals surface area contributed by atoms with Gasteiger partial charge in [-0.2, -0.15) is 9.90 Å². The molecule has 0 aromatic heterocycles. The summed E-state index contributed by atoms with van der Waals surface area (Å²) in [6, 6.07) is 0. The second kappa shape index (κ2) is 20.6. The molecule has 0 amide bonds. The zero-order valence-corrected chi connectivity index (χ0v) is 5.66. The summed E-state index contributed by atoms with van der Waals surface area (Å²) >= 11 is 0. The van der Waals surface area contributed by atoms with Crippen LogP contribution in [0.5, 0.6) is 0 Å². The van der Waals surface area contributed by atoms with Crippen LogP contribution >= 0.6 is 9.90 Å². The van der Waals surface area contributed by atoms with Crippen molar-refractivity contribution in [2.24, 2.45) is 0 Å². The number of rotatable bonds is 0. The van der Waals surface area contributed by atoms with E-state index in [4.69, 9.17) is 0 Å². The van der Waals surface area contributed by atoms with Crippen LogP contribution in [0.2, 0.25) is 0 Å². The van der Waals surface area contributed by atoms with Crippen molar-refractivity contribution >= 4 is 35.7 Å². The Morgan fingerprint density at radius 3 is 1.00 bits per heavy atom. The fourth-order valence-electron chi connectivity index (χ4n) is 0. The molecule has 0 N–H and O–H groups in total. The third-order valence-corrected chi connectivity index (χ3v) is 0. The maximum absolute atomic E-state index is 0. The molecule has 0 fully saturated rings. The van der Waals surface area contributed by atoms with E-state index in [1.165, 1.54) is 0 Å². The van der Waals surface area contributed by atoms with Gasteiger partial charge in [-0.3, -0.25) is 0 Å². The standard InChI is InChI=1S/Al.B.H3P.Zr.3H/h;;1H3;;;;. The van der Waals surface area contributed by atoms with Gasteiger partial charge in [0.1, 0.15) is 0 Å². The second-order valence-electron chi connectivity index (χ2n) is 0. The molecule has 0 saturated carbocycles. The van der Waals surface area contributed by atoms with Gasteiger partial charge in [0.15, 0.2) is 17.4 Å². The largest absolute Gasteiger partial charge is 0.187 e. The van der Waals surface area contributed by atoms with Crippen molar-refractivity contribution in [3.8, 4) is 0 Å². The molecule has 21 valence electrons. The Hall–Kier alpha value is 1.91. The molecule has 0 aromatic carbocycles. The van der Waals surface area contributed by atoms with Crippen molar-refractivity contribution in [3.63, 3.8) is 0 Å². The first-order valence-electron chi connectivity index (χ1n) is 0. The number of hydrogen-bond donors (Lipinski definition) is 0. The molecule has 0 bridgehead atoms. The minimum absolute atomic E-state index is 0. The Morgan fingerprint density at radius 1 is 1.00 bits per heavy atom. The van der Waals surface area contributed by atoms with Crippen LogP contribution < -0.4 is 0 Å². The summed E-state index contributed by atoms with van der Waals surface area (Å²) < 4.78 is 0. The van der Waals surface area contributed by atoms with E-state index >= 15 is 0 Å². The average Bonchev–Trinajstić information content (AvgIpc) is 0. The molecule has 0 heterocycles. The Kier molecular flexibility index (Phi) is 201. The summed E-state index contributed by atoms with van der Waals surface area (Å²) in [5.74, 6) is 0. The fraction of sp³-hybridized carbons (Fsp3) is 0. The second-order valence-corrected chi connectivity index (χ2v) is 0. The molecule has 4 heavy (non-hydrogen) atoms. The summed E-state index contributed by atoms with van der Waals surface area (Å²) in [6.45, 7) is 0. The Morgan fingerprint density at radius 2 is 1.00 bits per heavy atom. The Labute approximate surface area is 61.6 Å². The summed E-state index contributed by atoms with van der Waals surface area (Å²) in [6.07, 6.45) is 0. The molecule has 0 rings (SSSR count). The van der Waals surface area contributed by atoms with Crippen molar-refractivity contribution in [3.05, 3.63) is 0 Å². The van der Waals surface area contributed by atoms with E-state index in [2.05, 4.69) is 0 Å². The van der Waals surface area contributed by atoms with E-state index < -0.39 is 0 Å². The smallest absolute Gasteiger partial charge is 0.153 e. The third-order valence-electron chi connectivity index (χ3n) is 0. The number of hydrogen-bond acceptors (Lipinski definition) is 0. The molecule has 1 atom stereocenters. The summed E-state index contributed by atoms with van der Waals surface area (Å²) in [4.78, 5) is 0. The molecule has 0 spiro atoms. The molecule has 3 radical (unpaired) electrons. The third kappa shape index (κ3) is 9.08. The average molecular weight is 166 g/mol. The quantitative estimate of drug-likeness (QED) is 0.303. The fourth-order valence-corrected chi connectivity index (χ4v) is 0. The van der Waals surface area contributed by atoms with E-state index in [1.807, 2.05) is 0 Å². The molecule has 4 heteroatoms. The minimum Gasteiger partial charge on any atom is -0.153 e. The maximum atomic E-state index is 0. The van der Waals surface area contributed by atoms with E-state index in [1.54, 1.807) is 0 Å². The van der Waals surface area contributed by atoms with Gasteiger partial charge < -0.3 is 0 Å². The van der Waals surface area contributed by atoms with Crippen LogP contribution in [0.15, 0.2) is 0 Å². The van der Waals surface area contributed by atoms with Crippen LogP contribution in [0.4, 0.5) is 0 Å². The normalized spacial score (nSPS) is 0. The first kappa shape index (κ1) is 39.0. The van der Waals surface area contributed by atoms with Crippen LogP contribution in [-0.4, -0.2) is 25.8 Å². The van der Waals surface area contributed by atoms with Crippen molar-refractivity contribution in [2.45, 2.75) is 0 Å². The minimum atomic E-state index is 0. The predicted octanol–water partition coefficient (Wildman–Crippen LogP) is -1.51. The molecule has 0 aliphatic carbocycles. The van der Waals surface area contributed by atoms with Crippen molar-refractivity contribution < 1.29 is 26.2 Å². The van der Waals surface area contributed by atoms with Gasteiger partial charge in [-0.15, -0.1) is 0 Å². The summed E-state index contributed by atoms with van der Waals surface area (Å²) in [5, 5.41) is 0. The van der Waals surface area contributed by atoms with Crippen LogP contribution in [0, 0.1) is 0 Å². The van der Waals surface area contributed by atoms with Crippen molar-refractivity contribution in [1.29, 1.82) is 0 Å². The zero-order chi connectivity index (χ0) is 0. The SMILES string of the molecule is P.[AlH3].[B].[Zr]. The van der Waals surface area contributed by atoms with Crippen LogP contribution in [0.25, 0.3) is 0 Å². The summed E-state index contributed by atoms with van der Waals surface area (Å²) in [7, 11) is 0. The first-order chi connectivity index (χ1) is 0. The molecule has 0 aromatic rings. The van der Waals surface area contributed by atoms with Gasteiger partial charge in [0, 0.05) is 34.6 Å². The molecule has 0 aliphatic rings. The predicted molar refractivity (Wildman–Crippen MR) is 26.8 cm³/mol. The van der Waals surface area contributed by atoms with Crippen LogP contribution in [-0.2, 0) is 26.2 Å².